The molecule has 1 fully saturated rings. The van der Waals surface area contributed by atoms with E-state index in [0.29, 0.717) is 39.5 Å². The van der Waals surface area contributed by atoms with Crippen molar-refractivity contribution in [2.45, 2.75) is 76.7 Å². The van der Waals surface area contributed by atoms with Crippen molar-refractivity contribution in [3.05, 3.63) is 40.6 Å². The Balaban J connectivity index is 1.52. The molecule has 1 saturated carbocycles. The number of nitrogens with one attached hydrogen (secondary N) is 3. The second kappa shape index (κ2) is 10.6. The lowest BCUT2D eigenvalue weighted by atomic mass is 9.93. The average molecular weight is 511 g/mol. The number of para-hydroxylation sites is 1. The lowest BCUT2D eigenvalue weighted by Crippen LogP contribution is -2.45. The minimum atomic E-state index is -1.75. The molecule has 3 rings (SSSR count). The summed E-state index contributed by atoms with van der Waals surface area (Å²) in [5.74, 6) is 1.05. The number of hydrogen-bond acceptors (Lipinski definition) is 5. The van der Waals surface area contributed by atoms with Crippen LogP contribution in [0.4, 0.5) is 22.1 Å². The second-order valence-corrected chi connectivity index (χ2v) is 15.5. The fourth-order valence-electron chi connectivity index (χ4n) is 3.51. The summed E-state index contributed by atoms with van der Waals surface area (Å²) >= 11 is 12.2. The predicted molar refractivity (Wildman–Crippen MR) is 139 cm³/mol. The van der Waals surface area contributed by atoms with E-state index in [1.54, 1.807) is 24.3 Å². The van der Waals surface area contributed by atoms with Crippen LogP contribution < -0.4 is 16.0 Å². The van der Waals surface area contributed by atoms with Gasteiger partial charge in [-0.2, -0.15) is 0 Å². The van der Waals surface area contributed by atoms with Crippen molar-refractivity contribution < 1.29 is 9.22 Å². The molecule has 2 amide bonds. The number of nitrogens with zero attached hydrogens (tertiary/aromatic N) is 2. The largest absolute Gasteiger partial charge is 0.414 e. The van der Waals surface area contributed by atoms with Gasteiger partial charge in [-0.05, 0) is 55.9 Å². The number of carbonyl (C=O) groups is 1. The van der Waals surface area contributed by atoms with Crippen molar-refractivity contribution in [3.8, 4) is 0 Å². The third kappa shape index (κ3) is 7.05. The number of amides is 2. The van der Waals surface area contributed by atoms with Gasteiger partial charge < -0.3 is 15.1 Å². The third-order valence-corrected chi connectivity index (χ3v) is 11.6. The molecule has 1 heterocycles. The van der Waals surface area contributed by atoms with Gasteiger partial charge in [-0.1, -0.05) is 50.0 Å². The van der Waals surface area contributed by atoms with Gasteiger partial charge in [0.2, 0.25) is 0 Å². The molecule has 10 heteroatoms. The third-order valence-electron chi connectivity index (χ3n) is 6.40. The monoisotopic (exact) mass is 509 g/mol. The molecule has 3 N–H and O–H groups in total. The molecule has 2 aromatic rings. The van der Waals surface area contributed by atoms with Crippen LogP contribution in [0.1, 0.15) is 46.5 Å². The van der Waals surface area contributed by atoms with E-state index in [2.05, 4.69) is 59.8 Å². The molecule has 33 heavy (non-hydrogen) atoms. The Bertz CT molecular complexity index is 955. The van der Waals surface area contributed by atoms with Gasteiger partial charge in [-0.15, -0.1) is 0 Å². The Labute approximate surface area is 207 Å². The first-order valence-corrected chi connectivity index (χ1v) is 14.9. The molecule has 7 nitrogen and oxygen atoms in total. The van der Waals surface area contributed by atoms with E-state index in [0.717, 1.165) is 25.7 Å². The van der Waals surface area contributed by atoms with Crippen LogP contribution in [0.25, 0.3) is 0 Å². The summed E-state index contributed by atoms with van der Waals surface area (Å²) in [5, 5.41) is 9.75. The smallest absolute Gasteiger partial charge is 0.324 e. The molecule has 1 aromatic carbocycles. The van der Waals surface area contributed by atoms with Crippen molar-refractivity contribution >= 4 is 54.9 Å². The fourth-order valence-corrected chi connectivity index (χ4v) is 5.43. The van der Waals surface area contributed by atoms with Gasteiger partial charge in [0.05, 0.1) is 15.7 Å². The Morgan fingerprint density at radius 2 is 1.64 bits per heavy atom. The highest BCUT2D eigenvalue weighted by atomic mass is 35.5. The van der Waals surface area contributed by atoms with Crippen molar-refractivity contribution in [2.75, 3.05) is 16.0 Å². The number of carbonyl (C=O) groups excluding carboxylic acids is 1. The predicted octanol–water partition coefficient (Wildman–Crippen LogP) is 7.17. The van der Waals surface area contributed by atoms with Crippen LogP contribution >= 0.6 is 23.2 Å². The minimum Gasteiger partial charge on any atom is -0.414 e. The van der Waals surface area contributed by atoms with Gasteiger partial charge in [0.25, 0.3) is 0 Å². The van der Waals surface area contributed by atoms with Crippen molar-refractivity contribution in [1.29, 1.82) is 0 Å². The van der Waals surface area contributed by atoms with E-state index in [1.165, 1.54) is 6.33 Å². The van der Waals surface area contributed by atoms with Crippen LogP contribution in [0.2, 0.25) is 28.2 Å². The molecule has 0 spiro atoms. The quantitative estimate of drug-likeness (QED) is 0.359. The maximum absolute atomic E-state index is 12.4. The van der Waals surface area contributed by atoms with Crippen LogP contribution in [0.5, 0.6) is 0 Å². The highest BCUT2D eigenvalue weighted by Gasteiger charge is 2.39. The van der Waals surface area contributed by atoms with E-state index in [1.807, 2.05) is 0 Å². The molecule has 1 aromatic heterocycles. The standard InChI is InChI=1S/C23H33Cl2N5O2Si/c1-23(2,3)33(4,5)32-16-11-9-15(10-12-16)28-19-13-20(27-14-26-19)29-22(31)30-21-17(24)7-6-8-18(21)25/h6-8,13-16H,9-12H2,1-5H3,(H3,26,27,28,29,30,31). The van der Waals surface area contributed by atoms with Gasteiger partial charge in [0.1, 0.15) is 18.0 Å². The van der Waals surface area contributed by atoms with Gasteiger partial charge in [0, 0.05) is 18.2 Å². The number of anilines is 3. The summed E-state index contributed by atoms with van der Waals surface area (Å²) < 4.78 is 6.58. The highest BCUT2D eigenvalue weighted by Crippen LogP contribution is 2.39. The Hall–Kier alpha value is -1.87. The number of aromatic nitrogens is 2. The van der Waals surface area contributed by atoms with Crippen molar-refractivity contribution in [2.24, 2.45) is 0 Å². The zero-order valence-electron chi connectivity index (χ0n) is 19.8. The average Bonchev–Trinajstić information content (AvgIpc) is 2.71. The lowest BCUT2D eigenvalue weighted by Gasteiger charge is -2.41. The summed E-state index contributed by atoms with van der Waals surface area (Å²) in [4.78, 5) is 20.8. The summed E-state index contributed by atoms with van der Waals surface area (Å²) in [5.41, 5.74) is 0.349. The molecule has 0 atom stereocenters. The van der Waals surface area contributed by atoms with Gasteiger partial charge in [0.15, 0.2) is 8.32 Å². The van der Waals surface area contributed by atoms with Crippen LogP contribution in [0, 0.1) is 0 Å². The van der Waals surface area contributed by atoms with E-state index < -0.39 is 14.3 Å². The van der Waals surface area contributed by atoms with Gasteiger partial charge >= 0.3 is 6.03 Å². The van der Waals surface area contributed by atoms with E-state index >= 15 is 0 Å². The number of rotatable bonds is 6. The second-order valence-electron chi connectivity index (χ2n) is 9.96. The maximum Gasteiger partial charge on any atom is 0.324 e. The molecule has 1 aliphatic rings. The Morgan fingerprint density at radius 1 is 1.03 bits per heavy atom. The number of hydrogen-bond donors (Lipinski definition) is 3. The molecular weight excluding hydrogens is 477 g/mol. The molecule has 0 bridgehead atoms. The molecule has 0 saturated heterocycles. The van der Waals surface area contributed by atoms with Crippen molar-refractivity contribution in [3.63, 3.8) is 0 Å². The summed E-state index contributed by atoms with van der Waals surface area (Å²) in [6, 6.07) is 6.55. The Morgan fingerprint density at radius 3 is 2.24 bits per heavy atom. The molecule has 0 unspecified atom stereocenters. The van der Waals surface area contributed by atoms with Gasteiger partial charge in [-0.25, -0.2) is 14.8 Å². The Kier molecular flexibility index (Phi) is 8.26. The first kappa shape index (κ1) is 25.7. The zero-order chi connectivity index (χ0) is 24.2. The van der Waals surface area contributed by atoms with E-state index in [9.17, 15) is 4.79 Å². The molecule has 180 valence electrons. The first-order valence-electron chi connectivity index (χ1n) is 11.2. The summed E-state index contributed by atoms with van der Waals surface area (Å²) in [7, 11) is -1.75. The maximum atomic E-state index is 12.4. The van der Waals surface area contributed by atoms with Gasteiger partial charge in [-0.3, -0.25) is 5.32 Å². The van der Waals surface area contributed by atoms with Crippen LogP contribution in [-0.2, 0) is 4.43 Å². The lowest BCUT2D eigenvalue weighted by molar-refractivity contribution is 0.133. The van der Waals surface area contributed by atoms with Crippen LogP contribution in [-0.4, -0.2) is 36.5 Å². The SMILES string of the molecule is CC(C)(C)[Si](C)(C)OC1CCC(Nc2cc(NC(=O)Nc3c(Cl)cccc3Cl)ncn2)CC1. The number of urea groups is 1. The normalized spacial score (nSPS) is 19.1. The zero-order valence-corrected chi connectivity index (χ0v) is 22.3. The molecule has 1 aliphatic carbocycles. The summed E-state index contributed by atoms with van der Waals surface area (Å²) in [6.07, 6.45) is 5.83. The topological polar surface area (TPSA) is 88.2 Å². The molecule has 0 aliphatic heterocycles. The number of halogens is 2. The summed E-state index contributed by atoms with van der Waals surface area (Å²) in [6.45, 7) is 11.4. The minimum absolute atomic E-state index is 0.218. The first-order chi connectivity index (χ1) is 15.4. The molecule has 0 radical (unpaired) electrons. The highest BCUT2D eigenvalue weighted by molar-refractivity contribution is 6.74. The van der Waals surface area contributed by atoms with E-state index in [4.69, 9.17) is 27.6 Å². The molecular formula is C23H33Cl2N5O2Si. The fraction of sp³-hybridized carbons (Fsp3) is 0.522. The van der Waals surface area contributed by atoms with E-state index in [-0.39, 0.29) is 5.04 Å². The van der Waals surface area contributed by atoms with Crippen LogP contribution in [0.15, 0.2) is 30.6 Å². The number of benzene rings is 1. The van der Waals surface area contributed by atoms with Crippen molar-refractivity contribution in [1.82, 2.24) is 9.97 Å². The van der Waals surface area contributed by atoms with Crippen LogP contribution in [0.3, 0.4) is 0 Å².